The van der Waals surface area contributed by atoms with Crippen LogP contribution < -0.4 is 10.1 Å². The molecule has 6 nitrogen and oxygen atoms in total. The van der Waals surface area contributed by atoms with Crippen molar-refractivity contribution in [2.45, 2.75) is 26.2 Å². The monoisotopic (exact) mass is 328 g/mol. The normalized spacial score (nSPS) is 11.5. The van der Waals surface area contributed by atoms with Crippen molar-refractivity contribution >= 4 is 21.6 Å². The van der Waals surface area contributed by atoms with Gasteiger partial charge in [-0.25, -0.2) is 8.42 Å². The highest BCUT2D eigenvalue weighted by Crippen LogP contribution is 2.16. The molecule has 0 aliphatic heterocycles. The third-order valence-corrected chi connectivity index (χ3v) is 4.40. The molecule has 1 rings (SSSR count). The smallest absolute Gasteiger partial charge is 0.239 e. The lowest BCUT2D eigenvalue weighted by atomic mass is 10.2. The van der Waals surface area contributed by atoms with Gasteiger partial charge in [-0.15, -0.1) is 0 Å². The van der Waals surface area contributed by atoms with Crippen LogP contribution in [0.1, 0.15) is 26.2 Å². The number of amides is 1. The van der Waals surface area contributed by atoms with Gasteiger partial charge in [0.25, 0.3) is 0 Å². The summed E-state index contributed by atoms with van der Waals surface area (Å²) in [6.07, 6.45) is 3.80. The topological polar surface area (TPSA) is 75.7 Å². The van der Waals surface area contributed by atoms with Crippen LogP contribution in [0.5, 0.6) is 5.75 Å². The number of carbonyl (C=O) groups is 1. The van der Waals surface area contributed by atoms with Crippen molar-refractivity contribution in [1.29, 1.82) is 0 Å². The van der Waals surface area contributed by atoms with Crippen molar-refractivity contribution in [1.82, 2.24) is 4.31 Å². The highest BCUT2D eigenvalue weighted by Gasteiger charge is 2.19. The van der Waals surface area contributed by atoms with Crippen molar-refractivity contribution in [2.75, 3.05) is 31.8 Å². The Hall–Kier alpha value is -1.60. The first kappa shape index (κ1) is 18.4. The highest BCUT2D eigenvalue weighted by atomic mass is 32.2. The Bertz CT molecular complexity index is 587. The minimum Gasteiger partial charge on any atom is -0.497 e. The first-order chi connectivity index (χ1) is 10.4. The molecule has 0 unspecified atom stereocenters. The van der Waals surface area contributed by atoms with Crippen LogP contribution in [0.2, 0.25) is 0 Å². The van der Waals surface area contributed by atoms with Gasteiger partial charge in [0.05, 0.1) is 19.9 Å². The Balaban J connectivity index is 2.66. The van der Waals surface area contributed by atoms with E-state index < -0.39 is 10.0 Å². The fraction of sp³-hybridized carbons (Fsp3) is 0.533. The van der Waals surface area contributed by atoms with Crippen molar-refractivity contribution in [3.05, 3.63) is 24.3 Å². The van der Waals surface area contributed by atoms with Crippen molar-refractivity contribution in [3.8, 4) is 5.75 Å². The quantitative estimate of drug-likeness (QED) is 0.704. The largest absolute Gasteiger partial charge is 0.497 e. The number of benzene rings is 1. The summed E-state index contributed by atoms with van der Waals surface area (Å²) in [4.78, 5) is 12.0. The Kier molecular flexibility index (Phi) is 7.34. The second kappa shape index (κ2) is 8.75. The summed E-state index contributed by atoms with van der Waals surface area (Å²) < 4.78 is 29.8. The first-order valence-electron chi connectivity index (χ1n) is 7.26. The minimum atomic E-state index is -3.40. The molecule has 0 heterocycles. The van der Waals surface area contributed by atoms with E-state index in [1.54, 1.807) is 31.4 Å². The van der Waals surface area contributed by atoms with E-state index in [-0.39, 0.29) is 12.5 Å². The first-order valence-corrected chi connectivity index (χ1v) is 9.10. The number of rotatable bonds is 9. The van der Waals surface area contributed by atoms with Gasteiger partial charge < -0.3 is 10.1 Å². The molecule has 0 bridgehead atoms. The Morgan fingerprint density at radius 1 is 1.32 bits per heavy atom. The standard InChI is InChI=1S/C15H24N2O4S/c1-4-5-6-10-17(22(3,19)20)12-15(18)16-13-8-7-9-14(11-13)21-2/h7-9,11H,4-6,10,12H2,1-3H3,(H,16,18). The fourth-order valence-corrected chi connectivity index (χ4v) is 2.77. The number of nitrogens with zero attached hydrogens (tertiary/aromatic N) is 1. The Morgan fingerprint density at radius 3 is 2.64 bits per heavy atom. The zero-order chi connectivity index (χ0) is 16.6. The van der Waals surface area contributed by atoms with Gasteiger partial charge in [0, 0.05) is 18.3 Å². The summed E-state index contributed by atoms with van der Waals surface area (Å²) in [6.45, 7) is 2.22. The zero-order valence-corrected chi connectivity index (χ0v) is 14.1. The third kappa shape index (κ3) is 6.44. The van der Waals surface area contributed by atoms with E-state index in [1.165, 1.54) is 4.31 Å². The molecule has 0 aromatic heterocycles. The number of hydrogen-bond acceptors (Lipinski definition) is 4. The molecule has 1 aromatic rings. The average molecular weight is 328 g/mol. The van der Waals surface area contributed by atoms with Gasteiger partial charge in [0.15, 0.2) is 0 Å². The van der Waals surface area contributed by atoms with Gasteiger partial charge in [-0.1, -0.05) is 25.8 Å². The summed E-state index contributed by atoms with van der Waals surface area (Å²) in [6, 6.07) is 6.93. The Labute approximate surface area is 132 Å². The molecule has 124 valence electrons. The van der Waals surface area contributed by atoms with E-state index in [4.69, 9.17) is 4.74 Å². The highest BCUT2D eigenvalue weighted by molar-refractivity contribution is 7.88. The fourth-order valence-electron chi connectivity index (χ4n) is 1.96. The lowest BCUT2D eigenvalue weighted by Gasteiger charge is -2.19. The molecule has 1 aromatic carbocycles. The number of sulfonamides is 1. The van der Waals surface area contributed by atoms with Gasteiger partial charge in [0.1, 0.15) is 5.75 Å². The van der Waals surface area contributed by atoms with Gasteiger partial charge in [-0.2, -0.15) is 4.31 Å². The molecule has 0 radical (unpaired) electrons. The number of unbranched alkanes of at least 4 members (excludes halogenated alkanes) is 2. The van der Waals surface area contributed by atoms with Gasteiger partial charge in [-0.3, -0.25) is 4.79 Å². The van der Waals surface area contributed by atoms with Gasteiger partial charge in [-0.05, 0) is 18.6 Å². The van der Waals surface area contributed by atoms with Crippen LogP contribution in [0.25, 0.3) is 0 Å². The molecule has 0 spiro atoms. The van der Waals surface area contributed by atoms with E-state index >= 15 is 0 Å². The predicted octanol–water partition coefficient (Wildman–Crippen LogP) is 2.09. The summed E-state index contributed by atoms with van der Waals surface area (Å²) in [5.41, 5.74) is 0.575. The summed E-state index contributed by atoms with van der Waals surface area (Å²) in [5, 5.41) is 2.68. The summed E-state index contributed by atoms with van der Waals surface area (Å²) in [7, 11) is -1.86. The molecule has 1 N–H and O–H groups in total. The van der Waals surface area contributed by atoms with E-state index in [0.717, 1.165) is 25.5 Å². The molecular weight excluding hydrogens is 304 g/mol. The second-order valence-electron chi connectivity index (χ2n) is 5.08. The van der Waals surface area contributed by atoms with Crippen LogP contribution >= 0.6 is 0 Å². The maximum absolute atomic E-state index is 12.0. The molecule has 0 fully saturated rings. The van der Waals surface area contributed by atoms with Crippen LogP contribution in [0.15, 0.2) is 24.3 Å². The summed E-state index contributed by atoms with van der Waals surface area (Å²) >= 11 is 0. The van der Waals surface area contributed by atoms with E-state index in [1.807, 2.05) is 6.92 Å². The maximum Gasteiger partial charge on any atom is 0.239 e. The number of methoxy groups -OCH3 is 1. The molecule has 7 heteroatoms. The second-order valence-corrected chi connectivity index (χ2v) is 7.07. The van der Waals surface area contributed by atoms with Crippen LogP contribution in [0.4, 0.5) is 5.69 Å². The summed E-state index contributed by atoms with van der Waals surface area (Å²) in [5.74, 6) is 0.260. The van der Waals surface area contributed by atoms with Crippen molar-refractivity contribution < 1.29 is 17.9 Å². The number of ether oxygens (including phenoxy) is 1. The van der Waals surface area contributed by atoms with Gasteiger partial charge in [0.2, 0.25) is 15.9 Å². The number of nitrogens with one attached hydrogen (secondary N) is 1. The maximum atomic E-state index is 12.0. The predicted molar refractivity (Wildman–Crippen MR) is 87.6 cm³/mol. The minimum absolute atomic E-state index is 0.181. The molecule has 0 aliphatic rings. The lowest BCUT2D eigenvalue weighted by molar-refractivity contribution is -0.116. The number of hydrogen-bond donors (Lipinski definition) is 1. The van der Waals surface area contributed by atoms with E-state index in [2.05, 4.69) is 5.32 Å². The van der Waals surface area contributed by atoms with Crippen molar-refractivity contribution in [2.24, 2.45) is 0 Å². The Morgan fingerprint density at radius 2 is 2.05 bits per heavy atom. The van der Waals surface area contributed by atoms with E-state index in [0.29, 0.717) is 18.0 Å². The molecular formula is C15H24N2O4S. The van der Waals surface area contributed by atoms with E-state index in [9.17, 15) is 13.2 Å². The van der Waals surface area contributed by atoms with Crippen LogP contribution in [-0.2, 0) is 14.8 Å². The average Bonchev–Trinajstić information content (AvgIpc) is 2.45. The molecule has 0 saturated heterocycles. The van der Waals surface area contributed by atoms with Crippen LogP contribution in [-0.4, -0.2) is 45.1 Å². The molecule has 0 saturated carbocycles. The van der Waals surface area contributed by atoms with Crippen molar-refractivity contribution in [3.63, 3.8) is 0 Å². The van der Waals surface area contributed by atoms with Crippen LogP contribution in [0, 0.1) is 0 Å². The lowest BCUT2D eigenvalue weighted by Crippen LogP contribution is -2.38. The molecule has 1 amide bonds. The molecule has 22 heavy (non-hydrogen) atoms. The SMILES string of the molecule is CCCCCN(CC(=O)Nc1cccc(OC)c1)S(C)(=O)=O. The molecule has 0 atom stereocenters. The van der Waals surface area contributed by atoms with Gasteiger partial charge >= 0.3 is 0 Å². The zero-order valence-electron chi connectivity index (χ0n) is 13.3. The van der Waals surface area contributed by atoms with Crippen LogP contribution in [0.3, 0.4) is 0 Å². The number of anilines is 1. The molecule has 0 aliphatic carbocycles. The third-order valence-electron chi connectivity index (χ3n) is 3.15. The number of carbonyl (C=O) groups excluding carboxylic acids is 1.